The highest BCUT2D eigenvalue weighted by molar-refractivity contribution is 14.0. The summed E-state index contributed by atoms with van der Waals surface area (Å²) in [6.07, 6.45) is -4.86. The van der Waals surface area contributed by atoms with Crippen LogP contribution in [0.5, 0.6) is 0 Å². The van der Waals surface area contributed by atoms with E-state index in [4.69, 9.17) is 10.00 Å². The van der Waals surface area contributed by atoms with Crippen LogP contribution in [-0.2, 0) is 17.5 Å². The number of morpholine rings is 1. The summed E-state index contributed by atoms with van der Waals surface area (Å²) in [6, 6.07) is 14.6. The molecule has 0 amide bonds. The molecule has 0 radical (unpaired) electrons. The highest BCUT2D eigenvalue weighted by atomic mass is 127. The highest BCUT2D eigenvalue weighted by Crippen LogP contribution is 2.32. The second kappa shape index (κ2) is 10.6. The first-order valence-electron chi connectivity index (χ1n) is 9.14. The van der Waals surface area contributed by atoms with Crippen molar-refractivity contribution >= 4 is 29.9 Å². The average molecular weight is 530 g/mol. The normalized spacial score (nSPS) is 17.1. The Kier molecular flexibility index (Phi) is 8.49. The molecule has 0 bridgehead atoms. The van der Waals surface area contributed by atoms with Gasteiger partial charge in [0, 0.05) is 20.1 Å². The minimum absolute atomic E-state index is 0. The van der Waals surface area contributed by atoms with E-state index < -0.39 is 17.8 Å². The van der Waals surface area contributed by atoms with E-state index in [0.717, 1.165) is 17.7 Å². The molecule has 1 aliphatic rings. The van der Waals surface area contributed by atoms with Gasteiger partial charge in [-0.2, -0.15) is 18.4 Å². The Morgan fingerprint density at radius 1 is 1.27 bits per heavy atom. The molecule has 1 atom stereocenters. The summed E-state index contributed by atoms with van der Waals surface area (Å²) in [5, 5.41) is 12.1. The summed E-state index contributed by atoms with van der Waals surface area (Å²) in [6.45, 7) is 1.89. The molecule has 1 unspecified atom stereocenters. The van der Waals surface area contributed by atoms with Crippen LogP contribution in [0.15, 0.2) is 53.5 Å². The number of nitrogens with zero attached hydrogens (tertiary/aromatic N) is 3. The van der Waals surface area contributed by atoms with E-state index >= 15 is 0 Å². The smallest absolute Gasteiger partial charge is 0.370 e. The van der Waals surface area contributed by atoms with Crippen LogP contribution < -0.4 is 5.32 Å². The van der Waals surface area contributed by atoms with Gasteiger partial charge in [0.05, 0.1) is 30.3 Å². The lowest BCUT2D eigenvalue weighted by molar-refractivity contribution is -0.137. The van der Waals surface area contributed by atoms with E-state index in [2.05, 4.69) is 16.4 Å². The van der Waals surface area contributed by atoms with Gasteiger partial charge in [-0.05, 0) is 35.4 Å². The predicted molar refractivity (Wildman–Crippen MR) is 118 cm³/mol. The van der Waals surface area contributed by atoms with Gasteiger partial charge in [0.15, 0.2) is 5.96 Å². The molecule has 9 heteroatoms. The summed E-state index contributed by atoms with van der Waals surface area (Å²) in [7, 11) is 1.66. The third kappa shape index (κ3) is 6.09. The maximum Gasteiger partial charge on any atom is 0.416 e. The highest BCUT2D eigenvalue weighted by Gasteiger charge is 2.32. The van der Waals surface area contributed by atoms with Crippen LogP contribution in [-0.4, -0.2) is 37.6 Å². The van der Waals surface area contributed by atoms with Crippen LogP contribution in [0.1, 0.15) is 28.4 Å². The van der Waals surface area contributed by atoms with Crippen LogP contribution in [0.4, 0.5) is 13.2 Å². The van der Waals surface area contributed by atoms with Gasteiger partial charge in [0.2, 0.25) is 0 Å². The summed E-state index contributed by atoms with van der Waals surface area (Å²) in [4.78, 5) is 6.26. The molecule has 0 spiro atoms. The number of hydrogen-bond acceptors (Lipinski definition) is 3. The lowest BCUT2D eigenvalue weighted by Crippen LogP contribution is -2.48. The standard InChI is InChI=1S/C21H21F3N4O.HI/c1-26-20(27-13-16-7-5-15(12-25)6-8-16)28-9-10-29-19(14-28)17-3-2-4-18(11-17)21(22,23)24;/h2-8,11,19H,9-10,13-14H2,1H3,(H,26,27);1H. The fourth-order valence-electron chi connectivity index (χ4n) is 3.17. The van der Waals surface area contributed by atoms with E-state index in [1.54, 1.807) is 25.2 Å². The Balaban J connectivity index is 0.00000320. The van der Waals surface area contributed by atoms with Crippen molar-refractivity contribution in [3.05, 3.63) is 70.8 Å². The largest absolute Gasteiger partial charge is 0.416 e. The Morgan fingerprint density at radius 2 is 2.00 bits per heavy atom. The molecule has 0 saturated carbocycles. The lowest BCUT2D eigenvalue weighted by atomic mass is 10.0. The molecule has 3 rings (SSSR count). The summed E-state index contributed by atoms with van der Waals surface area (Å²) in [5.41, 5.74) is 1.40. The van der Waals surface area contributed by atoms with Crippen molar-refractivity contribution in [1.29, 1.82) is 5.26 Å². The van der Waals surface area contributed by atoms with Gasteiger partial charge in [-0.15, -0.1) is 24.0 Å². The van der Waals surface area contributed by atoms with Crippen LogP contribution >= 0.6 is 24.0 Å². The molecule has 0 aromatic heterocycles. The van der Waals surface area contributed by atoms with Crippen molar-refractivity contribution in [3.8, 4) is 6.07 Å². The third-order valence-electron chi connectivity index (χ3n) is 4.70. The lowest BCUT2D eigenvalue weighted by Gasteiger charge is -2.35. The van der Waals surface area contributed by atoms with Gasteiger partial charge in [0.1, 0.15) is 6.10 Å². The van der Waals surface area contributed by atoms with Crippen LogP contribution in [0.2, 0.25) is 0 Å². The number of halogens is 4. The molecule has 160 valence electrons. The van der Waals surface area contributed by atoms with Crippen LogP contribution in [0.25, 0.3) is 0 Å². The zero-order valence-corrected chi connectivity index (χ0v) is 18.6. The van der Waals surface area contributed by atoms with Crippen LogP contribution in [0.3, 0.4) is 0 Å². The minimum atomic E-state index is -4.39. The van der Waals surface area contributed by atoms with Gasteiger partial charge in [-0.3, -0.25) is 4.99 Å². The number of ether oxygens (including phenoxy) is 1. The summed E-state index contributed by atoms with van der Waals surface area (Å²) in [5.74, 6) is 0.648. The predicted octanol–water partition coefficient (Wildman–Crippen LogP) is 4.34. The first-order valence-corrected chi connectivity index (χ1v) is 9.14. The Labute approximate surface area is 190 Å². The second-order valence-electron chi connectivity index (χ2n) is 6.64. The molecule has 30 heavy (non-hydrogen) atoms. The fourth-order valence-corrected chi connectivity index (χ4v) is 3.17. The summed E-state index contributed by atoms with van der Waals surface area (Å²) < 4.78 is 44.7. The number of hydrogen-bond donors (Lipinski definition) is 1. The van der Waals surface area contributed by atoms with Gasteiger partial charge < -0.3 is 15.0 Å². The monoisotopic (exact) mass is 530 g/mol. The number of guanidine groups is 1. The van der Waals surface area contributed by atoms with Crippen molar-refractivity contribution < 1.29 is 17.9 Å². The van der Waals surface area contributed by atoms with E-state index in [-0.39, 0.29) is 24.0 Å². The molecule has 5 nitrogen and oxygen atoms in total. The summed E-state index contributed by atoms with van der Waals surface area (Å²) >= 11 is 0. The SMILES string of the molecule is CN=C(NCc1ccc(C#N)cc1)N1CCOC(c2cccc(C(F)(F)F)c2)C1.I. The molecular weight excluding hydrogens is 508 g/mol. The van der Waals surface area contributed by atoms with E-state index in [0.29, 0.717) is 43.3 Å². The molecule has 2 aromatic rings. The Hall–Kier alpha value is -2.32. The maximum atomic E-state index is 13.0. The van der Waals surface area contributed by atoms with Crippen molar-refractivity contribution in [1.82, 2.24) is 10.2 Å². The minimum Gasteiger partial charge on any atom is -0.370 e. The topological polar surface area (TPSA) is 60.7 Å². The number of alkyl halides is 3. The molecule has 1 N–H and O–H groups in total. The molecule has 1 fully saturated rings. The number of nitriles is 1. The van der Waals surface area contributed by atoms with Gasteiger partial charge >= 0.3 is 6.18 Å². The van der Waals surface area contributed by atoms with Crippen molar-refractivity contribution in [2.24, 2.45) is 4.99 Å². The maximum absolute atomic E-state index is 13.0. The number of nitrogens with one attached hydrogen (secondary N) is 1. The van der Waals surface area contributed by atoms with Crippen molar-refractivity contribution in [3.63, 3.8) is 0 Å². The Morgan fingerprint density at radius 3 is 2.63 bits per heavy atom. The zero-order chi connectivity index (χ0) is 20.9. The molecule has 2 aromatic carbocycles. The Bertz CT molecular complexity index is 910. The fraction of sp³-hybridized carbons (Fsp3) is 0.333. The molecular formula is C21H22F3IN4O. The first kappa shape index (κ1) is 24.0. The van der Waals surface area contributed by atoms with Crippen molar-refractivity contribution in [2.75, 3.05) is 26.7 Å². The van der Waals surface area contributed by atoms with Crippen LogP contribution in [0, 0.1) is 11.3 Å². The van der Waals surface area contributed by atoms with E-state index in [9.17, 15) is 13.2 Å². The second-order valence-corrected chi connectivity index (χ2v) is 6.64. The number of benzene rings is 2. The molecule has 1 aliphatic heterocycles. The average Bonchev–Trinajstić information content (AvgIpc) is 2.74. The van der Waals surface area contributed by atoms with Gasteiger partial charge in [0.25, 0.3) is 0 Å². The number of aliphatic imine (C=N–C) groups is 1. The third-order valence-corrected chi connectivity index (χ3v) is 4.70. The zero-order valence-electron chi connectivity index (χ0n) is 16.3. The van der Waals surface area contributed by atoms with E-state index in [1.165, 1.54) is 6.07 Å². The van der Waals surface area contributed by atoms with Gasteiger partial charge in [-0.25, -0.2) is 0 Å². The van der Waals surface area contributed by atoms with Gasteiger partial charge in [-0.1, -0.05) is 24.3 Å². The van der Waals surface area contributed by atoms with E-state index in [1.807, 2.05) is 17.0 Å². The molecule has 1 heterocycles. The van der Waals surface area contributed by atoms with Crippen molar-refractivity contribution in [2.45, 2.75) is 18.8 Å². The molecule has 1 saturated heterocycles. The molecule has 0 aliphatic carbocycles. The number of rotatable bonds is 3. The first-order chi connectivity index (χ1) is 13.9. The quantitative estimate of drug-likeness (QED) is 0.365.